The highest BCUT2D eigenvalue weighted by molar-refractivity contribution is 6.06. The molecule has 31 heavy (non-hydrogen) atoms. The average molecular weight is 420 g/mol. The van der Waals surface area contributed by atoms with Crippen LogP contribution in [0.5, 0.6) is 0 Å². The van der Waals surface area contributed by atoms with E-state index in [2.05, 4.69) is 16.8 Å². The van der Waals surface area contributed by atoms with Crippen molar-refractivity contribution in [3.05, 3.63) is 71.7 Å². The topological polar surface area (TPSA) is 45.1 Å². The lowest BCUT2D eigenvalue weighted by molar-refractivity contribution is 0.165. The van der Waals surface area contributed by atoms with E-state index in [9.17, 15) is 9.18 Å². The summed E-state index contributed by atoms with van der Waals surface area (Å²) in [5.74, 6) is 6.45. The lowest BCUT2D eigenvalue weighted by Crippen LogP contribution is -2.39. The number of hydrogen-bond donors (Lipinski definition) is 0. The van der Waals surface area contributed by atoms with E-state index in [0.717, 1.165) is 36.8 Å². The van der Waals surface area contributed by atoms with Crippen LogP contribution in [0.4, 0.5) is 9.18 Å². The molecular formula is C25H26FN3O2. The quantitative estimate of drug-likeness (QED) is 0.540. The second kappa shape index (κ2) is 9.76. The Hall–Kier alpha value is -3.17. The number of aliphatic imine (C=N–C) groups is 1. The standard InChI is InChI=1S/C25H26FN3O2/c1-31-17-5-16-28-22-7-4-8-23(22)29(25(28)30)24-9-3-2-6-20(18-27-24)11-10-19-12-14-21(26)15-13-19/h2-3,6,9,12-15,18,22-23H,4-5,7-8,16-17H2,1H3/b3-2?,6-2+,9-3+,20-6?,20-18+,24-9?,27-18?,27-24+/t22-,23+/m0/s1. The summed E-state index contributed by atoms with van der Waals surface area (Å²) >= 11 is 0. The van der Waals surface area contributed by atoms with E-state index in [1.54, 1.807) is 25.4 Å². The van der Waals surface area contributed by atoms with E-state index in [-0.39, 0.29) is 23.9 Å². The van der Waals surface area contributed by atoms with E-state index in [4.69, 9.17) is 4.74 Å². The van der Waals surface area contributed by atoms with E-state index < -0.39 is 0 Å². The van der Waals surface area contributed by atoms with Crippen LogP contribution in [0.2, 0.25) is 0 Å². The van der Waals surface area contributed by atoms with Crippen molar-refractivity contribution in [1.82, 2.24) is 9.80 Å². The second-order valence-corrected chi connectivity index (χ2v) is 7.80. The van der Waals surface area contributed by atoms with E-state index in [0.29, 0.717) is 19.0 Å². The molecule has 1 saturated heterocycles. The molecule has 1 aromatic carbocycles. The number of nitrogens with zero attached hydrogens (tertiary/aromatic N) is 3. The van der Waals surface area contributed by atoms with Crippen molar-refractivity contribution in [2.75, 3.05) is 20.3 Å². The Morgan fingerprint density at radius 1 is 1.13 bits per heavy atom. The lowest BCUT2D eigenvalue weighted by Gasteiger charge is -2.22. The zero-order chi connectivity index (χ0) is 21.6. The Morgan fingerprint density at radius 2 is 1.90 bits per heavy atom. The van der Waals surface area contributed by atoms with Crippen LogP contribution in [-0.2, 0) is 4.74 Å². The molecule has 0 radical (unpaired) electrons. The second-order valence-electron chi connectivity index (χ2n) is 7.80. The molecule has 3 aliphatic rings. The SMILES string of the molecule is COCCCN1C(=O)N(C2=N/C=C(C#Cc3ccc(F)cc3)\C=C\C=C\2)[C@@H]2CCC[C@@H]21. The number of amides is 2. The highest BCUT2D eigenvalue weighted by Crippen LogP contribution is 2.36. The predicted octanol–water partition coefficient (Wildman–Crippen LogP) is 4.28. The number of methoxy groups -OCH3 is 1. The Bertz CT molecular complexity index is 998. The normalized spacial score (nSPS) is 27.9. The third-order valence-corrected chi connectivity index (χ3v) is 5.79. The summed E-state index contributed by atoms with van der Waals surface area (Å²) in [5, 5.41) is 0. The number of hydrogen-bond acceptors (Lipinski definition) is 3. The minimum Gasteiger partial charge on any atom is -0.385 e. The van der Waals surface area contributed by atoms with Crippen LogP contribution in [0.25, 0.3) is 0 Å². The van der Waals surface area contributed by atoms with Gasteiger partial charge in [-0.3, -0.25) is 4.90 Å². The lowest BCUT2D eigenvalue weighted by atomic mass is 10.1. The molecule has 2 heterocycles. The van der Waals surface area contributed by atoms with Crippen molar-refractivity contribution in [3.8, 4) is 11.8 Å². The van der Waals surface area contributed by atoms with Crippen molar-refractivity contribution in [2.24, 2.45) is 4.99 Å². The molecule has 5 nitrogen and oxygen atoms in total. The van der Waals surface area contributed by atoms with Gasteiger partial charge in [-0.25, -0.2) is 14.2 Å². The molecule has 2 amide bonds. The first-order valence-electron chi connectivity index (χ1n) is 10.7. The van der Waals surface area contributed by atoms with Crippen molar-refractivity contribution in [1.29, 1.82) is 0 Å². The first-order valence-corrected chi connectivity index (χ1v) is 10.7. The summed E-state index contributed by atoms with van der Waals surface area (Å²) in [7, 11) is 1.68. The number of rotatable bonds is 4. The molecule has 1 aliphatic carbocycles. The number of carbonyl (C=O) groups excluding carboxylic acids is 1. The van der Waals surface area contributed by atoms with Gasteiger partial charge in [-0.1, -0.05) is 24.0 Å². The molecule has 160 valence electrons. The number of urea groups is 1. The third-order valence-electron chi connectivity index (χ3n) is 5.79. The van der Waals surface area contributed by atoms with Gasteiger partial charge in [-0.05, 0) is 62.1 Å². The van der Waals surface area contributed by atoms with Crippen molar-refractivity contribution in [3.63, 3.8) is 0 Å². The van der Waals surface area contributed by atoms with Crippen molar-refractivity contribution in [2.45, 2.75) is 37.8 Å². The maximum Gasteiger partial charge on any atom is 0.326 e. The number of ether oxygens (including phenoxy) is 1. The van der Waals surface area contributed by atoms with Gasteiger partial charge >= 0.3 is 6.03 Å². The maximum absolute atomic E-state index is 13.2. The smallest absolute Gasteiger partial charge is 0.326 e. The van der Waals surface area contributed by atoms with Gasteiger partial charge in [0.05, 0.1) is 12.1 Å². The van der Waals surface area contributed by atoms with Gasteiger partial charge in [0.15, 0.2) is 0 Å². The minimum atomic E-state index is -0.285. The fourth-order valence-electron chi connectivity index (χ4n) is 4.33. The van der Waals surface area contributed by atoms with Crippen LogP contribution >= 0.6 is 0 Å². The summed E-state index contributed by atoms with van der Waals surface area (Å²) in [5.41, 5.74) is 1.45. The highest BCUT2D eigenvalue weighted by Gasteiger charge is 2.49. The number of carbonyl (C=O) groups is 1. The molecule has 0 aromatic heterocycles. The first-order chi connectivity index (χ1) is 15.2. The van der Waals surface area contributed by atoms with Gasteiger partial charge in [0.25, 0.3) is 0 Å². The number of amidine groups is 1. The van der Waals surface area contributed by atoms with Gasteiger partial charge in [0.1, 0.15) is 11.7 Å². The first kappa shape index (κ1) is 21.1. The molecule has 6 heteroatoms. The van der Waals surface area contributed by atoms with Crippen LogP contribution in [0, 0.1) is 17.7 Å². The summed E-state index contributed by atoms with van der Waals surface area (Å²) in [6.45, 7) is 1.34. The molecule has 1 saturated carbocycles. The van der Waals surface area contributed by atoms with E-state index >= 15 is 0 Å². The predicted molar refractivity (Wildman–Crippen MR) is 119 cm³/mol. The largest absolute Gasteiger partial charge is 0.385 e. The molecule has 2 atom stereocenters. The number of benzene rings is 1. The summed E-state index contributed by atoms with van der Waals surface area (Å²) < 4.78 is 18.2. The van der Waals surface area contributed by atoms with Crippen molar-refractivity contribution >= 4 is 11.9 Å². The Balaban J connectivity index is 1.55. The molecule has 4 rings (SSSR count). The molecule has 0 bridgehead atoms. The Labute approximate surface area is 182 Å². The Kier molecular flexibility index (Phi) is 6.63. The third kappa shape index (κ3) is 4.78. The molecule has 0 spiro atoms. The average Bonchev–Trinajstić information content (AvgIpc) is 3.31. The van der Waals surface area contributed by atoms with E-state index in [1.807, 2.05) is 34.1 Å². The van der Waals surface area contributed by atoms with Crippen LogP contribution in [0.15, 0.2) is 65.3 Å². The van der Waals surface area contributed by atoms with Gasteiger partial charge in [-0.15, -0.1) is 0 Å². The summed E-state index contributed by atoms with van der Waals surface area (Å²) in [4.78, 5) is 21.7. The van der Waals surface area contributed by atoms with Crippen LogP contribution < -0.4 is 0 Å². The van der Waals surface area contributed by atoms with Gasteiger partial charge < -0.3 is 9.64 Å². The molecular weight excluding hydrogens is 393 g/mol. The van der Waals surface area contributed by atoms with Crippen LogP contribution in [0.3, 0.4) is 0 Å². The molecule has 1 aromatic rings. The molecule has 2 aliphatic heterocycles. The zero-order valence-corrected chi connectivity index (χ0v) is 17.6. The molecule has 0 unspecified atom stereocenters. The maximum atomic E-state index is 13.2. The molecule has 2 fully saturated rings. The van der Waals surface area contributed by atoms with Gasteiger partial charge in [-0.2, -0.15) is 0 Å². The zero-order valence-electron chi connectivity index (χ0n) is 17.6. The molecule has 0 N–H and O–H groups in total. The fraction of sp³-hybridized carbons (Fsp3) is 0.360. The fourth-order valence-corrected chi connectivity index (χ4v) is 4.33. The highest BCUT2D eigenvalue weighted by atomic mass is 19.1. The summed E-state index contributed by atoms with van der Waals surface area (Å²) in [6.07, 6.45) is 13.2. The number of halogens is 1. The number of allylic oxidation sites excluding steroid dienone is 4. The Morgan fingerprint density at radius 3 is 2.71 bits per heavy atom. The van der Waals surface area contributed by atoms with Crippen molar-refractivity contribution < 1.29 is 13.9 Å². The number of fused-ring (bicyclic) bond motifs is 1. The van der Waals surface area contributed by atoms with Gasteiger partial charge in [0, 0.05) is 37.6 Å². The van der Waals surface area contributed by atoms with Crippen LogP contribution in [-0.4, -0.2) is 54.0 Å². The monoisotopic (exact) mass is 419 g/mol. The summed E-state index contributed by atoms with van der Waals surface area (Å²) in [6, 6.07) is 6.48. The van der Waals surface area contributed by atoms with Crippen LogP contribution in [0.1, 0.15) is 31.2 Å². The van der Waals surface area contributed by atoms with E-state index in [1.165, 1.54) is 12.1 Å². The van der Waals surface area contributed by atoms with Gasteiger partial charge in [0.2, 0.25) is 0 Å². The minimum absolute atomic E-state index is 0.0195.